The monoisotopic (exact) mass is 206 g/mol. The normalized spacial score (nSPS) is 13.2. The third-order valence-corrected chi connectivity index (χ3v) is 2.05. The molecule has 0 amide bonds. The van der Waals surface area contributed by atoms with Gasteiger partial charge >= 0.3 is 0 Å². The average molecular weight is 207 g/mol. The maximum Gasteiger partial charge on any atom is 0.0907 e. The highest BCUT2D eigenvalue weighted by Crippen LogP contribution is 2.15. The second-order valence-electron chi connectivity index (χ2n) is 3.53. The number of halogens is 1. The number of ether oxygens (including phenoxy) is 2. The Morgan fingerprint density at radius 2 is 2.08 bits per heavy atom. The van der Waals surface area contributed by atoms with Crippen molar-refractivity contribution >= 4 is 11.6 Å². The van der Waals surface area contributed by atoms with Crippen molar-refractivity contribution in [1.82, 2.24) is 0 Å². The molecule has 0 saturated heterocycles. The minimum Gasteiger partial charge on any atom is -0.502 e. The summed E-state index contributed by atoms with van der Waals surface area (Å²) < 4.78 is 10.6. The molecule has 0 aliphatic carbocycles. The van der Waals surface area contributed by atoms with Gasteiger partial charge in [0, 0.05) is 5.88 Å². The Balaban J connectivity index is 3.74. The predicted octanol–water partition coefficient (Wildman–Crippen LogP) is 2.96. The van der Waals surface area contributed by atoms with Crippen LogP contribution in [0.4, 0.5) is 0 Å². The van der Waals surface area contributed by atoms with Crippen molar-refractivity contribution in [2.45, 2.75) is 32.8 Å². The molecule has 13 heavy (non-hydrogen) atoms. The van der Waals surface area contributed by atoms with Crippen LogP contribution in [-0.4, -0.2) is 25.2 Å². The average Bonchev–Trinajstić information content (AvgIpc) is 2.03. The zero-order valence-corrected chi connectivity index (χ0v) is 9.65. The molecule has 78 valence electrons. The van der Waals surface area contributed by atoms with E-state index < -0.39 is 0 Å². The summed E-state index contributed by atoms with van der Waals surface area (Å²) in [7, 11) is 1.65. The predicted molar refractivity (Wildman–Crippen MR) is 56.1 cm³/mol. The summed E-state index contributed by atoms with van der Waals surface area (Å²) in [6, 6.07) is 0. The van der Waals surface area contributed by atoms with Crippen LogP contribution in [0.25, 0.3) is 0 Å². The van der Waals surface area contributed by atoms with E-state index in [9.17, 15) is 0 Å². The van der Waals surface area contributed by atoms with Gasteiger partial charge in [-0.2, -0.15) is 0 Å². The van der Waals surface area contributed by atoms with Crippen LogP contribution in [0.3, 0.4) is 0 Å². The number of alkyl halides is 1. The number of rotatable bonds is 6. The van der Waals surface area contributed by atoms with Gasteiger partial charge in [0.05, 0.1) is 25.1 Å². The van der Waals surface area contributed by atoms with Gasteiger partial charge in [-0.15, -0.1) is 11.6 Å². The molecule has 0 aliphatic heterocycles. The maximum atomic E-state index is 5.63. The van der Waals surface area contributed by atoms with Crippen LogP contribution >= 0.6 is 11.6 Å². The van der Waals surface area contributed by atoms with Gasteiger partial charge in [-0.3, -0.25) is 0 Å². The van der Waals surface area contributed by atoms with E-state index in [0.29, 0.717) is 12.5 Å². The van der Waals surface area contributed by atoms with Gasteiger partial charge in [0.15, 0.2) is 0 Å². The summed E-state index contributed by atoms with van der Waals surface area (Å²) in [5, 5.41) is 0. The van der Waals surface area contributed by atoms with Crippen LogP contribution in [0.5, 0.6) is 0 Å². The smallest absolute Gasteiger partial charge is 0.0907 e. The molecule has 0 rings (SSSR count). The van der Waals surface area contributed by atoms with Gasteiger partial charge in [-0.1, -0.05) is 0 Å². The molecule has 0 fully saturated rings. The molecule has 0 aromatic rings. The molecule has 3 heteroatoms. The van der Waals surface area contributed by atoms with Crippen molar-refractivity contribution in [2.75, 3.05) is 19.6 Å². The topological polar surface area (TPSA) is 18.5 Å². The number of hydrogen-bond donors (Lipinski definition) is 0. The fraction of sp³-hybridized carbons (Fsp3) is 0.800. The fourth-order valence-electron chi connectivity index (χ4n) is 0.768. The Hall–Kier alpha value is -0.210. The van der Waals surface area contributed by atoms with Crippen LogP contribution in [0.2, 0.25) is 0 Å². The molecule has 0 spiro atoms. The largest absolute Gasteiger partial charge is 0.502 e. The molecule has 0 radical (unpaired) electrons. The summed E-state index contributed by atoms with van der Waals surface area (Å²) in [4.78, 5) is 0. The standard InChI is InChI=1S/C10H19ClO2/c1-9(12-4)5-8-13-10(2,3)6-7-11/h5H,6-8H2,1-4H3/b9-5+. The number of allylic oxidation sites excluding steroid dienone is 1. The summed E-state index contributed by atoms with van der Waals surface area (Å²) in [5.41, 5.74) is -0.147. The van der Waals surface area contributed by atoms with E-state index >= 15 is 0 Å². The third kappa shape index (κ3) is 6.91. The maximum absolute atomic E-state index is 5.63. The second kappa shape index (κ2) is 6.28. The highest BCUT2D eigenvalue weighted by molar-refractivity contribution is 6.17. The van der Waals surface area contributed by atoms with E-state index in [0.717, 1.165) is 12.2 Å². The highest BCUT2D eigenvalue weighted by atomic mass is 35.5. The van der Waals surface area contributed by atoms with E-state index in [-0.39, 0.29) is 5.60 Å². The Kier molecular flexibility index (Phi) is 6.17. The number of hydrogen-bond acceptors (Lipinski definition) is 2. The van der Waals surface area contributed by atoms with Crippen molar-refractivity contribution in [3.05, 3.63) is 11.8 Å². The van der Waals surface area contributed by atoms with E-state index in [4.69, 9.17) is 21.1 Å². The van der Waals surface area contributed by atoms with Crippen molar-refractivity contribution in [1.29, 1.82) is 0 Å². The molecule has 0 bridgehead atoms. The first-order chi connectivity index (χ1) is 6.02. The van der Waals surface area contributed by atoms with Gasteiger partial charge in [-0.05, 0) is 33.3 Å². The minimum absolute atomic E-state index is 0.147. The van der Waals surface area contributed by atoms with Crippen molar-refractivity contribution < 1.29 is 9.47 Å². The first-order valence-corrected chi connectivity index (χ1v) is 4.96. The van der Waals surface area contributed by atoms with Gasteiger partial charge < -0.3 is 9.47 Å². The SMILES string of the molecule is CO/C(C)=C/COC(C)(C)CCCl. The lowest BCUT2D eigenvalue weighted by atomic mass is 10.1. The van der Waals surface area contributed by atoms with Crippen LogP contribution in [0.1, 0.15) is 27.2 Å². The van der Waals surface area contributed by atoms with Gasteiger partial charge in [0.1, 0.15) is 0 Å². The zero-order valence-electron chi connectivity index (χ0n) is 8.89. The van der Waals surface area contributed by atoms with Crippen LogP contribution in [-0.2, 0) is 9.47 Å². The molecular formula is C10H19ClO2. The Morgan fingerprint density at radius 1 is 1.46 bits per heavy atom. The molecular weight excluding hydrogens is 188 g/mol. The van der Waals surface area contributed by atoms with Gasteiger partial charge in [-0.25, -0.2) is 0 Å². The lowest BCUT2D eigenvalue weighted by Gasteiger charge is -2.23. The first kappa shape index (κ1) is 12.8. The lowest BCUT2D eigenvalue weighted by Crippen LogP contribution is -2.25. The second-order valence-corrected chi connectivity index (χ2v) is 3.91. The molecule has 2 nitrogen and oxygen atoms in total. The van der Waals surface area contributed by atoms with E-state index in [1.165, 1.54) is 0 Å². The summed E-state index contributed by atoms with van der Waals surface area (Å²) >= 11 is 5.63. The van der Waals surface area contributed by atoms with Crippen LogP contribution < -0.4 is 0 Å². The van der Waals surface area contributed by atoms with Crippen molar-refractivity contribution in [3.63, 3.8) is 0 Å². The molecule has 0 N–H and O–H groups in total. The molecule has 0 aromatic carbocycles. The lowest BCUT2D eigenvalue weighted by molar-refractivity contribution is -0.00379. The van der Waals surface area contributed by atoms with E-state index in [1.807, 2.05) is 26.8 Å². The fourth-order valence-corrected chi connectivity index (χ4v) is 1.22. The van der Waals surface area contributed by atoms with Crippen LogP contribution in [0.15, 0.2) is 11.8 Å². The summed E-state index contributed by atoms with van der Waals surface area (Å²) in [5.74, 6) is 1.50. The molecule has 0 saturated carbocycles. The first-order valence-electron chi connectivity index (χ1n) is 4.42. The van der Waals surface area contributed by atoms with Crippen molar-refractivity contribution in [3.8, 4) is 0 Å². The third-order valence-electron chi connectivity index (χ3n) is 1.86. The van der Waals surface area contributed by atoms with Crippen molar-refractivity contribution in [2.24, 2.45) is 0 Å². The highest BCUT2D eigenvalue weighted by Gasteiger charge is 2.16. The Labute approximate surface area is 85.9 Å². The summed E-state index contributed by atoms with van der Waals surface area (Å²) in [6.07, 6.45) is 2.77. The van der Waals surface area contributed by atoms with E-state index in [1.54, 1.807) is 7.11 Å². The summed E-state index contributed by atoms with van der Waals surface area (Å²) in [6.45, 7) is 6.54. The van der Waals surface area contributed by atoms with E-state index in [2.05, 4.69) is 0 Å². The molecule has 0 heterocycles. The Morgan fingerprint density at radius 3 is 2.54 bits per heavy atom. The molecule has 0 unspecified atom stereocenters. The molecule has 0 aromatic heterocycles. The number of methoxy groups -OCH3 is 1. The molecule has 0 aliphatic rings. The van der Waals surface area contributed by atoms with Gasteiger partial charge in [0.25, 0.3) is 0 Å². The zero-order chi connectivity index (χ0) is 10.3. The molecule has 0 atom stereocenters. The minimum atomic E-state index is -0.147. The Bertz CT molecular complexity index is 164. The van der Waals surface area contributed by atoms with Gasteiger partial charge in [0.2, 0.25) is 0 Å². The van der Waals surface area contributed by atoms with Crippen LogP contribution in [0, 0.1) is 0 Å². The quantitative estimate of drug-likeness (QED) is 0.492.